The van der Waals surface area contributed by atoms with Gasteiger partial charge >= 0.3 is 0 Å². The van der Waals surface area contributed by atoms with Gasteiger partial charge in [0.05, 0.1) is 17.6 Å². The summed E-state index contributed by atoms with van der Waals surface area (Å²) in [5, 5.41) is 3.47. The summed E-state index contributed by atoms with van der Waals surface area (Å²) in [7, 11) is 0. The van der Waals surface area contributed by atoms with Gasteiger partial charge in [0.25, 0.3) is 5.91 Å². The van der Waals surface area contributed by atoms with E-state index in [2.05, 4.69) is 16.2 Å². The lowest BCUT2D eigenvalue weighted by atomic mass is 10.1. The maximum absolute atomic E-state index is 11.8. The smallest absolute Gasteiger partial charge is 0.252 e. The fraction of sp³-hybridized carbons (Fsp3) is 0.0769. The number of terminal acetylenes is 1. The third-order valence-corrected chi connectivity index (χ3v) is 2.24. The van der Waals surface area contributed by atoms with Crippen molar-refractivity contribution in [2.75, 3.05) is 6.54 Å². The lowest BCUT2D eigenvalue weighted by Gasteiger charge is -2.04. The number of para-hydroxylation sites is 1. The molecule has 2 rings (SSSR count). The number of pyridine rings is 1. The van der Waals surface area contributed by atoms with Crippen molar-refractivity contribution in [3.63, 3.8) is 0 Å². The van der Waals surface area contributed by atoms with E-state index >= 15 is 0 Å². The second-order valence-electron chi connectivity index (χ2n) is 3.26. The number of nitrogens with one attached hydrogen (secondary N) is 1. The number of rotatable bonds is 2. The molecule has 0 aliphatic carbocycles. The first kappa shape index (κ1) is 10.2. The van der Waals surface area contributed by atoms with Crippen molar-refractivity contribution in [2.45, 2.75) is 0 Å². The summed E-state index contributed by atoms with van der Waals surface area (Å²) in [5.41, 5.74) is 1.40. The summed E-state index contributed by atoms with van der Waals surface area (Å²) < 4.78 is 0. The number of benzene rings is 1. The van der Waals surface area contributed by atoms with Crippen LogP contribution in [0.25, 0.3) is 10.9 Å². The third-order valence-electron chi connectivity index (χ3n) is 2.24. The minimum atomic E-state index is -0.170. The van der Waals surface area contributed by atoms with Crippen LogP contribution in [0.2, 0.25) is 0 Å². The Morgan fingerprint density at radius 1 is 1.38 bits per heavy atom. The number of nitrogens with zero attached hydrogens (tertiary/aromatic N) is 1. The molecule has 3 nitrogen and oxygen atoms in total. The molecule has 1 amide bonds. The third kappa shape index (κ3) is 1.86. The molecule has 0 atom stereocenters. The number of carbonyl (C=O) groups is 1. The van der Waals surface area contributed by atoms with Crippen LogP contribution in [0.15, 0.2) is 36.5 Å². The Bertz CT molecular complexity index is 564. The van der Waals surface area contributed by atoms with E-state index in [-0.39, 0.29) is 12.5 Å². The Morgan fingerprint density at radius 2 is 2.19 bits per heavy atom. The first-order valence-electron chi connectivity index (χ1n) is 4.88. The van der Waals surface area contributed by atoms with Gasteiger partial charge in [-0.3, -0.25) is 9.78 Å². The quantitative estimate of drug-likeness (QED) is 0.765. The van der Waals surface area contributed by atoms with Crippen molar-refractivity contribution in [1.82, 2.24) is 10.3 Å². The number of hydrogen-bond acceptors (Lipinski definition) is 2. The highest BCUT2D eigenvalue weighted by atomic mass is 16.1. The Morgan fingerprint density at radius 3 is 3.00 bits per heavy atom. The summed E-state index contributed by atoms with van der Waals surface area (Å²) in [6, 6.07) is 9.19. The van der Waals surface area contributed by atoms with Crippen LogP contribution >= 0.6 is 0 Å². The van der Waals surface area contributed by atoms with Crippen molar-refractivity contribution in [3.8, 4) is 12.3 Å². The van der Waals surface area contributed by atoms with Crippen LogP contribution in [-0.4, -0.2) is 17.4 Å². The molecule has 0 saturated carbocycles. The zero-order valence-corrected chi connectivity index (χ0v) is 8.60. The van der Waals surface area contributed by atoms with Gasteiger partial charge in [0.15, 0.2) is 0 Å². The van der Waals surface area contributed by atoms with Crippen molar-refractivity contribution in [2.24, 2.45) is 0 Å². The van der Waals surface area contributed by atoms with Crippen LogP contribution in [0, 0.1) is 12.3 Å². The molecule has 1 heterocycles. The molecule has 0 aliphatic heterocycles. The van der Waals surface area contributed by atoms with E-state index in [1.807, 2.05) is 24.3 Å². The van der Waals surface area contributed by atoms with Crippen LogP contribution < -0.4 is 5.32 Å². The minimum absolute atomic E-state index is 0.170. The molecule has 16 heavy (non-hydrogen) atoms. The lowest BCUT2D eigenvalue weighted by Crippen LogP contribution is -2.23. The van der Waals surface area contributed by atoms with Gasteiger partial charge in [-0.1, -0.05) is 24.1 Å². The van der Waals surface area contributed by atoms with E-state index in [4.69, 9.17) is 6.42 Å². The molecule has 0 aliphatic rings. The van der Waals surface area contributed by atoms with Gasteiger partial charge < -0.3 is 5.32 Å². The topological polar surface area (TPSA) is 42.0 Å². The van der Waals surface area contributed by atoms with Crippen LogP contribution in [0.4, 0.5) is 0 Å². The monoisotopic (exact) mass is 210 g/mol. The van der Waals surface area contributed by atoms with E-state index < -0.39 is 0 Å². The number of fused-ring (bicyclic) bond motifs is 1. The van der Waals surface area contributed by atoms with Crippen LogP contribution in [0.3, 0.4) is 0 Å². The highest BCUT2D eigenvalue weighted by molar-refractivity contribution is 6.05. The maximum Gasteiger partial charge on any atom is 0.252 e. The molecule has 0 spiro atoms. The van der Waals surface area contributed by atoms with Gasteiger partial charge in [0.1, 0.15) is 0 Å². The van der Waals surface area contributed by atoms with E-state index in [9.17, 15) is 4.79 Å². The highest BCUT2D eigenvalue weighted by Gasteiger charge is 2.08. The fourth-order valence-corrected chi connectivity index (χ4v) is 1.52. The molecule has 3 heteroatoms. The molecule has 0 unspecified atom stereocenters. The molecule has 1 aromatic carbocycles. The summed E-state index contributed by atoms with van der Waals surface area (Å²) >= 11 is 0. The molecular formula is C13H10N2O. The van der Waals surface area contributed by atoms with Gasteiger partial charge in [0.2, 0.25) is 0 Å². The molecule has 0 saturated heterocycles. The van der Waals surface area contributed by atoms with Crippen LogP contribution in [-0.2, 0) is 0 Å². The SMILES string of the molecule is C#CCNC(=O)c1ccnc2ccccc12. The van der Waals surface area contributed by atoms with Gasteiger partial charge in [-0.05, 0) is 12.1 Å². The number of carbonyl (C=O) groups excluding carboxylic acids is 1. The number of amides is 1. The Hall–Kier alpha value is -2.34. The standard InChI is InChI=1S/C13H10N2O/c1-2-8-15-13(16)11-7-9-14-12-6-4-3-5-10(11)12/h1,3-7,9H,8H2,(H,15,16). The molecule has 1 N–H and O–H groups in total. The average molecular weight is 210 g/mol. The Labute approximate surface area is 93.5 Å². The molecule has 0 radical (unpaired) electrons. The van der Waals surface area contributed by atoms with E-state index in [1.165, 1.54) is 0 Å². The van der Waals surface area contributed by atoms with Crippen LogP contribution in [0.1, 0.15) is 10.4 Å². The zero-order chi connectivity index (χ0) is 11.4. The summed E-state index contributed by atoms with van der Waals surface area (Å²) in [4.78, 5) is 16.0. The normalized spacial score (nSPS) is 9.69. The van der Waals surface area contributed by atoms with E-state index in [0.717, 1.165) is 10.9 Å². The van der Waals surface area contributed by atoms with Gasteiger partial charge in [-0.15, -0.1) is 6.42 Å². The molecule has 0 fully saturated rings. The number of aromatic nitrogens is 1. The first-order valence-corrected chi connectivity index (χ1v) is 4.88. The second kappa shape index (κ2) is 4.45. The lowest BCUT2D eigenvalue weighted by molar-refractivity contribution is 0.0960. The highest BCUT2D eigenvalue weighted by Crippen LogP contribution is 2.15. The first-order chi connectivity index (χ1) is 7.83. The van der Waals surface area contributed by atoms with Gasteiger partial charge in [0, 0.05) is 11.6 Å². The maximum atomic E-state index is 11.8. The Balaban J connectivity index is 2.45. The summed E-state index contributed by atoms with van der Waals surface area (Å²) in [5.74, 6) is 2.20. The molecule has 2 aromatic rings. The fourth-order valence-electron chi connectivity index (χ4n) is 1.52. The van der Waals surface area contributed by atoms with Crippen molar-refractivity contribution in [3.05, 3.63) is 42.1 Å². The second-order valence-corrected chi connectivity index (χ2v) is 3.26. The molecular weight excluding hydrogens is 200 g/mol. The zero-order valence-electron chi connectivity index (χ0n) is 8.60. The summed E-state index contributed by atoms with van der Waals surface area (Å²) in [6.07, 6.45) is 6.71. The van der Waals surface area contributed by atoms with Crippen molar-refractivity contribution in [1.29, 1.82) is 0 Å². The predicted octanol–water partition coefficient (Wildman–Crippen LogP) is 1.60. The van der Waals surface area contributed by atoms with Crippen LogP contribution in [0.5, 0.6) is 0 Å². The molecule has 0 bridgehead atoms. The van der Waals surface area contributed by atoms with Gasteiger partial charge in [-0.2, -0.15) is 0 Å². The van der Waals surface area contributed by atoms with Crippen molar-refractivity contribution < 1.29 is 4.79 Å². The minimum Gasteiger partial charge on any atom is -0.341 e. The Kier molecular flexibility index (Phi) is 2.84. The van der Waals surface area contributed by atoms with E-state index in [0.29, 0.717) is 5.56 Å². The average Bonchev–Trinajstić information content (AvgIpc) is 2.35. The van der Waals surface area contributed by atoms with Crippen molar-refractivity contribution >= 4 is 16.8 Å². The van der Waals surface area contributed by atoms with E-state index in [1.54, 1.807) is 12.3 Å². The summed E-state index contributed by atoms with van der Waals surface area (Å²) in [6.45, 7) is 0.232. The molecule has 1 aromatic heterocycles. The molecule has 78 valence electrons. The largest absolute Gasteiger partial charge is 0.341 e. The number of hydrogen-bond donors (Lipinski definition) is 1. The predicted molar refractivity (Wildman–Crippen MR) is 62.9 cm³/mol. The van der Waals surface area contributed by atoms with Gasteiger partial charge in [-0.25, -0.2) is 0 Å².